The van der Waals surface area contributed by atoms with E-state index in [4.69, 9.17) is 0 Å². The first-order valence-corrected chi connectivity index (χ1v) is 20.0. The molecule has 0 atom stereocenters. The highest BCUT2D eigenvalue weighted by Crippen LogP contribution is 2.42. The van der Waals surface area contributed by atoms with Crippen LogP contribution in [0.25, 0.3) is 88.0 Å². The first-order valence-electron chi connectivity index (χ1n) is 26.0. The van der Waals surface area contributed by atoms with Crippen LogP contribution in [-0.4, -0.2) is 0 Å². The molecule has 0 aliphatic carbocycles. The number of fused-ring (bicyclic) bond motifs is 4. The quantitative estimate of drug-likeness (QED) is 0.139. The Morgan fingerprint density at radius 3 is 1.33 bits per heavy atom. The van der Waals surface area contributed by atoms with Crippen molar-refractivity contribution in [1.82, 2.24) is 0 Å². The van der Waals surface area contributed by atoms with Gasteiger partial charge in [-0.05, 0) is 130 Å². The van der Waals surface area contributed by atoms with Crippen molar-refractivity contribution >= 4 is 49.4 Å². The van der Waals surface area contributed by atoms with E-state index in [0.717, 1.165) is 43.1 Å². The van der Waals surface area contributed by atoms with Gasteiger partial charge in [-0.1, -0.05) is 206 Å². The highest BCUT2D eigenvalue weighted by Gasteiger charge is 2.17. The number of hydrogen-bond donors (Lipinski definition) is 0. The van der Waals surface area contributed by atoms with Crippen molar-refractivity contribution in [2.75, 3.05) is 4.90 Å². The van der Waals surface area contributed by atoms with Crippen LogP contribution in [0.1, 0.15) is 16.4 Å². The maximum absolute atomic E-state index is 9.88. The van der Waals surface area contributed by atoms with Crippen LogP contribution in [0.15, 0.2) is 248 Å². The van der Waals surface area contributed by atoms with Crippen molar-refractivity contribution in [3.8, 4) is 55.6 Å². The molecule has 1 heteroatoms. The summed E-state index contributed by atoms with van der Waals surface area (Å²) in [5.74, 6) is 0. The minimum absolute atomic E-state index is 0.0474. The minimum atomic E-state index is -0.679. The topological polar surface area (TPSA) is 3.24 Å². The second-order valence-corrected chi connectivity index (χ2v) is 14.7. The number of anilines is 3. The van der Waals surface area contributed by atoms with Gasteiger partial charge in [0.05, 0.1) is 16.4 Å². The van der Waals surface area contributed by atoms with Crippen molar-refractivity contribution < 1.29 is 16.4 Å². The molecular formula is C60H41N. The fourth-order valence-corrected chi connectivity index (χ4v) is 8.11. The van der Waals surface area contributed by atoms with E-state index in [1.54, 1.807) is 12.1 Å². The molecule has 0 aliphatic rings. The molecule has 1 nitrogen and oxygen atoms in total. The fourth-order valence-electron chi connectivity index (χ4n) is 8.11. The molecule has 0 bridgehead atoms. The van der Waals surface area contributed by atoms with Gasteiger partial charge in [-0.15, -0.1) is 0 Å². The largest absolute Gasteiger partial charge is 0.311 e. The van der Waals surface area contributed by atoms with E-state index < -0.39 is 89.6 Å². The molecular weight excluding hydrogens is 735 g/mol. The van der Waals surface area contributed by atoms with Gasteiger partial charge in [-0.2, -0.15) is 0 Å². The SMILES string of the molecule is [2H]c1c([2H])c(N(c2c([2H])c([2H])c(-c3c(-c4ccccc4)ccc4ccccc34)c([2H])c2[2H])c2c([2H])c([2H])c(-c3cc4ccccc4c4ccccc34)c([2H])c2[2H])c([2H])c([2H])c1-c1ccc(-c2ccccc2)cc1. The average molecular weight is 788 g/mol. The Kier molecular flexibility index (Phi) is 6.53. The Morgan fingerprint density at radius 1 is 0.262 bits per heavy atom. The van der Waals surface area contributed by atoms with Crippen LogP contribution in [0, 0.1) is 0 Å². The van der Waals surface area contributed by atoms with Gasteiger partial charge < -0.3 is 4.90 Å². The van der Waals surface area contributed by atoms with Crippen LogP contribution in [0.2, 0.25) is 0 Å². The van der Waals surface area contributed by atoms with Crippen molar-refractivity contribution in [2.45, 2.75) is 0 Å². The van der Waals surface area contributed by atoms with E-state index in [-0.39, 0.29) is 16.7 Å². The smallest absolute Gasteiger partial charge is 0.0645 e. The molecule has 61 heavy (non-hydrogen) atoms. The van der Waals surface area contributed by atoms with Gasteiger partial charge in [0.15, 0.2) is 0 Å². The Balaban J connectivity index is 1.20. The zero-order valence-electron chi connectivity index (χ0n) is 44.7. The van der Waals surface area contributed by atoms with Gasteiger partial charge in [0.1, 0.15) is 0 Å². The van der Waals surface area contributed by atoms with Crippen LogP contribution in [0.4, 0.5) is 17.1 Å². The van der Waals surface area contributed by atoms with E-state index in [1.807, 2.05) is 164 Å². The number of hydrogen-bond acceptors (Lipinski definition) is 1. The maximum atomic E-state index is 9.88. The molecule has 0 spiro atoms. The predicted octanol–water partition coefficient (Wildman–Crippen LogP) is 17.0. The van der Waals surface area contributed by atoms with Gasteiger partial charge in [0.2, 0.25) is 0 Å². The van der Waals surface area contributed by atoms with Crippen LogP contribution in [-0.2, 0) is 0 Å². The van der Waals surface area contributed by atoms with Gasteiger partial charge in [0, 0.05) is 17.1 Å². The monoisotopic (exact) mass is 787 g/mol. The van der Waals surface area contributed by atoms with E-state index in [0.29, 0.717) is 33.0 Å². The minimum Gasteiger partial charge on any atom is -0.311 e. The lowest BCUT2D eigenvalue weighted by molar-refractivity contribution is 1.28. The molecule has 0 unspecified atom stereocenters. The third kappa shape index (κ3) is 6.83. The van der Waals surface area contributed by atoms with Crippen molar-refractivity contribution in [1.29, 1.82) is 0 Å². The third-order valence-electron chi connectivity index (χ3n) is 11.1. The number of rotatable bonds is 8. The lowest BCUT2D eigenvalue weighted by atomic mass is 9.89. The van der Waals surface area contributed by atoms with Crippen LogP contribution >= 0.6 is 0 Å². The Bertz CT molecular complexity index is 3960. The summed E-state index contributed by atoms with van der Waals surface area (Å²) in [5.41, 5.74) is 2.44. The molecule has 0 aliphatic heterocycles. The second kappa shape index (κ2) is 15.6. The lowest BCUT2D eigenvalue weighted by Gasteiger charge is -2.26. The summed E-state index contributed by atoms with van der Waals surface area (Å²) in [6.07, 6.45) is 0. The van der Waals surface area contributed by atoms with Crippen LogP contribution in [0.5, 0.6) is 0 Å². The van der Waals surface area contributed by atoms with Gasteiger partial charge in [0.25, 0.3) is 0 Å². The first kappa shape index (κ1) is 25.5. The van der Waals surface area contributed by atoms with Crippen LogP contribution < -0.4 is 4.90 Å². The molecule has 0 radical (unpaired) electrons. The number of benzene rings is 11. The molecule has 0 aromatic heterocycles. The summed E-state index contributed by atoms with van der Waals surface area (Å²) in [5, 5.41) is 4.63. The highest BCUT2D eigenvalue weighted by atomic mass is 15.1. The second-order valence-electron chi connectivity index (χ2n) is 14.7. The zero-order chi connectivity index (χ0) is 51.0. The lowest BCUT2D eigenvalue weighted by Crippen LogP contribution is -2.09. The van der Waals surface area contributed by atoms with Crippen molar-refractivity contribution in [3.63, 3.8) is 0 Å². The predicted molar refractivity (Wildman–Crippen MR) is 261 cm³/mol. The normalized spacial score (nSPS) is 14.0. The molecule has 0 N–H and O–H groups in total. The Morgan fingerprint density at radius 2 is 0.705 bits per heavy atom. The standard InChI is InChI=1S/C60H41N/c1-3-13-42(14-4-1)43-23-25-44(26-24-43)45-27-34-51(35-28-45)61(52-36-29-48(30-37-52)59-41-50-18-8-9-19-54(50)57-21-11-12-22-58(57)59)53-38-31-49(32-39-53)60-55-20-10-7-17-47(55)33-40-56(60)46-15-5-2-6-16-46/h1-41H/i27D,28D,29D,30D,31D,32D,34D,35D,36D,37D,38D,39D. The first-order chi connectivity index (χ1) is 35.3. The summed E-state index contributed by atoms with van der Waals surface area (Å²) >= 11 is 0. The summed E-state index contributed by atoms with van der Waals surface area (Å²) in [4.78, 5) is 0.873. The van der Waals surface area contributed by atoms with E-state index in [2.05, 4.69) is 0 Å². The molecule has 11 aromatic carbocycles. The zero-order valence-corrected chi connectivity index (χ0v) is 32.7. The molecule has 11 aromatic rings. The molecule has 0 saturated heterocycles. The molecule has 0 saturated carbocycles. The van der Waals surface area contributed by atoms with Gasteiger partial charge in [-0.3, -0.25) is 0 Å². The number of nitrogens with zero attached hydrogens (tertiary/aromatic N) is 1. The molecule has 0 heterocycles. The van der Waals surface area contributed by atoms with Gasteiger partial charge >= 0.3 is 0 Å². The molecule has 11 rings (SSSR count). The maximum Gasteiger partial charge on any atom is 0.0645 e. The van der Waals surface area contributed by atoms with E-state index in [9.17, 15) is 16.4 Å². The molecule has 0 fully saturated rings. The average Bonchev–Trinajstić information content (AvgIpc) is 3.42. The third-order valence-corrected chi connectivity index (χ3v) is 11.1. The summed E-state index contributed by atoms with van der Waals surface area (Å²) in [6.45, 7) is 0. The van der Waals surface area contributed by atoms with Crippen molar-refractivity contribution in [3.05, 3.63) is 248 Å². The van der Waals surface area contributed by atoms with E-state index in [1.165, 1.54) is 0 Å². The van der Waals surface area contributed by atoms with Crippen LogP contribution in [0.3, 0.4) is 0 Å². The summed E-state index contributed by atoms with van der Waals surface area (Å²) in [7, 11) is 0. The van der Waals surface area contributed by atoms with Crippen molar-refractivity contribution in [2.24, 2.45) is 0 Å². The summed E-state index contributed by atoms with van der Waals surface area (Å²) in [6, 6.07) is 46.9. The summed E-state index contributed by atoms with van der Waals surface area (Å²) < 4.78 is 117. The highest BCUT2D eigenvalue weighted by molar-refractivity contribution is 6.14. The van der Waals surface area contributed by atoms with E-state index >= 15 is 0 Å². The van der Waals surface area contributed by atoms with Gasteiger partial charge in [-0.25, -0.2) is 0 Å². The molecule has 0 amide bonds. The Labute approximate surface area is 373 Å². The Hall–Kier alpha value is -8.00. The molecule has 286 valence electrons. The fraction of sp³-hybridized carbons (Fsp3) is 0.